The number of nitrogens with two attached hydrogens (primary N) is 1. The first-order valence-corrected chi connectivity index (χ1v) is 5.62. The molecule has 0 saturated carbocycles. The summed E-state index contributed by atoms with van der Waals surface area (Å²) < 4.78 is 25.6. The largest absolute Gasteiger partial charge is 0.386 e. The van der Waals surface area contributed by atoms with Crippen LogP contribution in [0.4, 0.5) is 0 Å². The van der Waals surface area contributed by atoms with Crippen LogP contribution < -0.4 is 10.5 Å². The van der Waals surface area contributed by atoms with Crippen molar-refractivity contribution in [3.63, 3.8) is 0 Å². The second kappa shape index (κ2) is 3.63. The number of nitrogens with zero attached hydrogens (tertiary/aromatic N) is 1. The van der Waals surface area contributed by atoms with Gasteiger partial charge in [-0.15, -0.1) is 0 Å². The van der Waals surface area contributed by atoms with Gasteiger partial charge in [0.1, 0.15) is 5.84 Å². The zero-order valence-electron chi connectivity index (χ0n) is 8.40. The summed E-state index contributed by atoms with van der Waals surface area (Å²) in [6.07, 6.45) is 1.33. The topological polar surface area (TPSA) is 125 Å². The number of H-pyrrole nitrogens is 1. The standard InChI is InChI=1S/C7H13N5O2S/c1-7(2,6(8)9)12-15(13,14)5-3-4-10-11-5/h3-4,12H,1-2H3,(H3,8,9)(H,10,11). The smallest absolute Gasteiger partial charge is 0.258 e. The van der Waals surface area contributed by atoms with E-state index in [1.165, 1.54) is 26.1 Å². The SMILES string of the molecule is CC(C)(NS(=O)(=O)c1ccn[nH]1)C(=N)N. The van der Waals surface area contributed by atoms with E-state index in [4.69, 9.17) is 11.1 Å². The van der Waals surface area contributed by atoms with Crippen LogP contribution in [-0.4, -0.2) is 30.0 Å². The number of amidine groups is 1. The Morgan fingerprint density at radius 1 is 1.67 bits per heavy atom. The number of hydrogen-bond donors (Lipinski definition) is 4. The van der Waals surface area contributed by atoms with Crippen LogP contribution >= 0.6 is 0 Å². The Morgan fingerprint density at radius 2 is 2.27 bits per heavy atom. The Morgan fingerprint density at radius 3 is 2.67 bits per heavy atom. The summed E-state index contributed by atoms with van der Waals surface area (Å²) in [4.78, 5) is 0. The summed E-state index contributed by atoms with van der Waals surface area (Å²) in [7, 11) is -3.71. The highest BCUT2D eigenvalue weighted by Crippen LogP contribution is 2.09. The van der Waals surface area contributed by atoms with E-state index < -0.39 is 15.6 Å². The van der Waals surface area contributed by atoms with Gasteiger partial charge in [0.15, 0.2) is 5.03 Å². The lowest BCUT2D eigenvalue weighted by Crippen LogP contribution is -2.52. The van der Waals surface area contributed by atoms with Crippen molar-refractivity contribution in [2.24, 2.45) is 5.73 Å². The third-order valence-corrected chi connectivity index (χ3v) is 3.41. The van der Waals surface area contributed by atoms with Crippen molar-refractivity contribution in [2.45, 2.75) is 24.4 Å². The van der Waals surface area contributed by atoms with E-state index in [0.717, 1.165) is 0 Å². The molecule has 0 amide bonds. The van der Waals surface area contributed by atoms with Crippen molar-refractivity contribution in [3.05, 3.63) is 12.3 Å². The van der Waals surface area contributed by atoms with Gasteiger partial charge < -0.3 is 5.73 Å². The Balaban J connectivity index is 2.97. The lowest BCUT2D eigenvalue weighted by Gasteiger charge is -2.23. The predicted octanol–water partition coefficient (Wildman–Crippen LogP) is -0.597. The highest BCUT2D eigenvalue weighted by Gasteiger charge is 2.29. The minimum atomic E-state index is -3.71. The summed E-state index contributed by atoms with van der Waals surface area (Å²) in [5.41, 5.74) is 4.14. The number of aromatic amines is 1. The third-order valence-electron chi connectivity index (χ3n) is 1.83. The molecule has 0 bridgehead atoms. The molecule has 0 atom stereocenters. The Labute approximate surface area is 87.6 Å². The molecule has 0 spiro atoms. The van der Waals surface area contributed by atoms with E-state index in [0.29, 0.717) is 0 Å². The number of aromatic nitrogens is 2. The third kappa shape index (κ3) is 2.54. The van der Waals surface area contributed by atoms with E-state index >= 15 is 0 Å². The number of hydrogen-bond acceptors (Lipinski definition) is 4. The molecule has 0 radical (unpaired) electrons. The van der Waals surface area contributed by atoms with Gasteiger partial charge in [-0.05, 0) is 19.9 Å². The van der Waals surface area contributed by atoms with Crippen molar-refractivity contribution in [1.82, 2.24) is 14.9 Å². The maximum absolute atomic E-state index is 11.7. The fourth-order valence-electron chi connectivity index (χ4n) is 0.839. The van der Waals surface area contributed by atoms with Crippen LogP contribution in [0.1, 0.15) is 13.8 Å². The monoisotopic (exact) mass is 231 g/mol. The van der Waals surface area contributed by atoms with Crippen LogP contribution in [0.3, 0.4) is 0 Å². The summed E-state index contributed by atoms with van der Waals surface area (Å²) >= 11 is 0. The first-order chi connectivity index (χ1) is 6.76. The second-order valence-corrected chi connectivity index (χ2v) is 5.22. The molecule has 0 aromatic carbocycles. The van der Waals surface area contributed by atoms with Crippen molar-refractivity contribution >= 4 is 15.9 Å². The Kier molecular flexibility index (Phi) is 2.82. The first kappa shape index (κ1) is 11.7. The number of sulfonamides is 1. The Bertz CT molecular complexity index is 448. The summed E-state index contributed by atoms with van der Waals surface area (Å²) in [5, 5.41) is 13.0. The van der Waals surface area contributed by atoms with Gasteiger partial charge >= 0.3 is 0 Å². The highest BCUT2D eigenvalue weighted by molar-refractivity contribution is 7.89. The lowest BCUT2D eigenvalue weighted by molar-refractivity contribution is 0.538. The van der Waals surface area contributed by atoms with Gasteiger partial charge in [0.25, 0.3) is 10.0 Å². The van der Waals surface area contributed by atoms with Crippen molar-refractivity contribution in [2.75, 3.05) is 0 Å². The molecule has 7 nitrogen and oxygen atoms in total. The van der Waals surface area contributed by atoms with Crippen LogP contribution in [0.2, 0.25) is 0 Å². The van der Waals surface area contributed by atoms with Crippen LogP contribution in [0.5, 0.6) is 0 Å². The van der Waals surface area contributed by atoms with Crippen LogP contribution in [0, 0.1) is 5.41 Å². The minimum absolute atomic E-state index is 0.0585. The lowest BCUT2D eigenvalue weighted by atomic mass is 10.1. The molecule has 84 valence electrons. The molecule has 0 fully saturated rings. The maximum atomic E-state index is 11.7. The van der Waals surface area contributed by atoms with Crippen molar-refractivity contribution in [1.29, 1.82) is 5.41 Å². The molecule has 0 saturated heterocycles. The zero-order chi connectivity index (χ0) is 11.7. The molecule has 1 rings (SSSR count). The normalized spacial score (nSPS) is 12.7. The van der Waals surface area contributed by atoms with Gasteiger partial charge in [-0.2, -0.15) is 9.82 Å². The molecule has 0 aliphatic rings. The first-order valence-electron chi connectivity index (χ1n) is 4.13. The van der Waals surface area contributed by atoms with Crippen LogP contribution in [-0.2, 0) is 10.0 Å². The van der Waals surface area contributed by atoms with Gasteiger partial charge in [0, 0.05) is 0 Å². The molecular weight excluding hydrogens is 218 g/mol. The average molecular weight is 231 g/mol. The molecule has 0 aliphatic carbocycles. The Hall–Kier alpha value is -1.41. The number of nitrogens with one attached hydrogen (secondary N) is 3. The maximum Gasteiger partial charge on any atom is 0.258 e. The fourth-order valence-corrected chi connectivity index (χ4v) is 2.14. The summed E-state index contributed by atoms with van der Waals surface area (Å²) in [6, 6.07) is 1.32. The molecular formula is C7H13N5O2S. The molecule has 15 heavy (non-hydrogen) atoms. The van der Waals surface area contributed by atoms with Crippen LogP contribution in [0.25, 0.3) is 0 Å². The molecule has 1 aromatic heterocycles. The van der Waals surface area contributed by atoms with Gasteiger partial charge in [0.05, 0.1) is 11.7 Å². The zero-order valence-corrected chi connectivity index (χ0v) is 9.22. The van der Waals surface area contributed by atoms with Crippen LogP contribution in [0.15, 0.2) is 17.3 Å². The van der Waals surface area contributed by atoms with Gasteiger partial charge in [-0.1, -0.05) is 0 Å². The highest BCUT2D eigenvalue weighted by atomic mass is 32.2. The van der Waals surface area contributed by atoms with E-state index in [9.17, 15) is 8.42 Å². The molecule has 1 aromatic rings. The van der Waals surface area contributed by atoms with Crippen molar-refractivity contribution in [3.8, 4) is 0 Å². The summed E-state index contributed by atoms with van der Waals surface area (Å²) in [6.45, 7) is 3.01. The molecule has 1 heterocycles. The van der Waals surface area contributed by atoms with E-state index in [2.05, 4.69) is 14.9 Å². The summed E-state index contributed by atoms with van der Waals surface area (Å²) in [5.74, 6) is -0.259. The molecule has 0 unspecified atom stereocenters. The minimum Gasteiger partial charge on any atom is -0.386 e. The van der Waals surface area contributed by atoms with Gasteiger partial charge in [-0.25, -0.2) is 8.42 Å². The second-order valence-electron chi connectivity index (χ2n) is 3.57. The molecule has 5 N–H and O–H groups in total. The van der Waals surface area contributed by atoms with E-state index in [1.54, 1.807) is 0 Å². The number of rotatable bonds is 4. The quantitative estimate of drug-likeness (QED) is 0.408. The van der Waals surface area contributed by atoms with Gasteiger partial charge in [0.2, 0.25) is 0 Å². The molecule has 0 aliphatic heterocycles. The average Bonchev–Trinajstić information content (AvgIpc) is 2.53. The fraction of sp³-hybridized carbons (Fsp3) is 0.429. The van der Waals surface area contributed by atoms with E-state index in [1.807, 2.05) is 0 Å². The van der Waals surface area contributed by atoms with Crippen molar-refractivity contribution < 1.29 is 8.42 Å². The predicted molar refractivity (Wildman–Crippen MR) is 54.9 cm³/mol. The van der Waals surface area contributed by atoms with E-state index in [-0.39, 0.29) is 10.9 Å². The van der Waals surface area contributed by atoms with Gasteiger partial charge in [-0.3, -0.25) is 10.5 Å². The molecule has 8 heteroatoms.